The third-order valence-electron chi connectivity index (χ3n) is 5.06. The minimum absolute atomic E-state index is 0.0650. The number of carbonyl (C=O) groups is 1. The van der Waals surface area contributed by atoms with Gasteiger partial charge in [0.15, 0.2) is 17.3 Å². The molecule has 1 aliphatic rings. The second-order valence-corrected chi connectivity index (χ2v) is 6.92. The van der Waals surface area contributed by atoms with Crippen molar-refractivity contribution in [2.75, 3.05) is 12.8 Å². The first-order chi connectivity index (χ1) is 12.7. The molecule has 4 heteroatoms. The Balaban J connectivity index is 1.82. The minimum atomic E-state index is 0.0650. The van der Waals surface area contributed by atoms with Gasteiger partial charge in [-0.25, -0.2) is 0 Å². The second kappa shape index (κ2) is 8.75. The van der Waals surface area contributed by atoms with Crippen LogP contribution in [0.3, 0.4) is 0 Å². The van der Waals surface area contributed by atoms with E-state index in [-0.39, 0.29) is 11.7 Å². The molecule has 0 unspecified atom stereocenters. The van der Waals surface area contributed by atoms with Crippen molar-refractivity contribution in [2.24, 2.45) is 5.92 Å². The quantitative estimate of drug-likeness (QED) is 0.450. The van der Waals surface area contributed by atoms with Crippen LogP contribution in [0.15, 0.2) is 42.5 Å². The fourth-order valence-electron chi connectivity index (χ4n) is 3.56. The summed E-state index contributed by atoms with van der Waals surface area (Å²) in [6.45, 7) is 0.415. The maximum atomic E-state index is 13.0. The third kappa shape index (κ3) is 4.37. The maximum absolute atomic E-state index is 13.0. The van der Waals surface area contributed by atoms with Crippen LogP contribution in [-0.4, -0.2) is 12.9 Å². The highest BCUT2D eigenvalue weighted by molar-refractivity contribution is 6.03. The fourth-order valence-corrected chi connectivity index (χ4v) is 3.56. The zero-order chi connectivity index (χ0) is 18.4. The van der Waals surface area contributed by atoms with Crippen LogP contribution in [0.25, 0.3) is 0 Å². The Hall–Kier alpha value is -2.49. The number of Topliss-reactive ketones (excluding diaryl/α,β-unsaturated/α-hetero) is 1. The molecule has 0 amide bonds. The van der Waals surface area contributed by atoms with Crippen LogP contribution in [0.2, 0.25) is 0 Å². The molecule has 0 bridgehead atoms. The highest BCUT2D eigenvalue weighted by Gasteiger charge is 2.24. The normalized spacial score (nSPS) is 15.3. The number of anilines is 1. The Morgan fingerprint density at radius 3 is 2.38 bits per heavy atom. The highest BCUT2D eigenvalue weighted by atomic mass is 16.5. The topological polar surface area (TPSA) is 61.5 Å². The van der Waals surface area contributed by atoms with Crippen molar-refractivity contribution in [3.05, 3.63) is 53.6 Å². The Morgan fingerprint density at radius 1 is 1.04 bits per heavy atom. The summed E-state index contributed by atoms with van der Waals surface area (Å²) in [6, 6.07) is 13.4. The zero-order valence-electron chi connectivity index (χ0n) is 15.4. The van der Waals surface area contributed by atoms with Gasteiger partial charge in [0.2, 0.25) is 0 Å². The van der Waals surface area contributed by atoms with Gasteiger partial charge < -0.3 is 15.2 Å². The summed E-state index contributed by atoms with van der Waals surface area (Å²) in [5, 5.41) is 0. The zero-order valence-corrected chi connectivity index (χ0v) is 15.4. The Bertz CT molecular complexity index is 735. The summed E-state index contributed by atoms with van der Waals surface area (Å²) in [5.41, 5.74) is 8.24. The third-order valence-corrected chi connectivity index (χ3v) is 5.06. The largest absolute Gasteiger partial charge is 0.493 e. The van der Waals surface area contributed by atoms with E-state index in [9.17, 15) is 4.79 Å². The molecular formula is C22H27NO3. The van der Waals surface area contributed by atoms with Crippen LogP contribution in [-0.2, 0) is 6.61 Å². The van der Waals surface area contributed by atoms with Gasteiger partial charge in [-0.1, -0.05) is 56.0 Å². The molecule has 2 aromatic carbocycles. The van der Waals surface area contributed by atoms with E-state index < -0.39 is 0 Å². The van der Waals surface area contributed by atoms with E-state index in [1.165, 1.54) is 12.8 Å². The van der Waals surface area contributed by atoms with Crippen LogP contribution >= 0.6 is 0 Å². The lowest BCUT2D eigenvalue weighted by Gasteiger charge is -2.17. The molecule has 26 heavy (non-hydrogen) atoms. The Morgan fingerprint density at radius 2 is 1.73 bits per heavy atom. The smallest absolute Gasteiger partial charge is 0.168 e. The summed E-state index contributed by atoms with van der Waals surface area (Å²) >= 11 is 0. The molecule has 0 aromatic heterocycles. The molecular weight excluding hydrogens is 326 g/mol. The van der Waals surface area contributed by atoms with E-state index in [0.717, 1.165) is 31.2 Å². The lowest BCUT2D eigenvalue weighted by molar-refractivity contribution is 0.0908. The van der Waals surface area contributed by atoms with E-state index in [4.69, 9.17) is 15.2 Å². The predicted octanol–water partition coefficient (Wildman–Crippen LogP) is 5.01. The molecule has 0 atom stereocenters. The maximum Gasteiger partial charge on any atom is 0.168 e. The number of ether oxygens (including phenoxy) is 2. The number of nitrogen functional groups attached to an aromatic ring is 1. The van der Waals surface area contributed by atoms with Crippen LogP contribution < -0.4 is 15.2 Å². The first-order valence-electron chi connectivity index (χ1n) is 9.37. The summed E-state index contributed by atoms with van der Waals surface area (Å²) in [6.07, 6.45) is 6.56. The van der Waals surface area contributed by atoms with Gasteiger partial charge in [0.25, 0.3) is 0 Å². The van der Waals surface area contributed by atoms with Crippen molar-refractivity contribution in [1.29, 1.82) is 0 Å². The molecule has 2 aromatic rings. The predicted molar refractivity (Wildman–Crippen MR) is 104 cm³/mol. The summed E-state index contributed by atoms with van der Waals surface area (Å²) in [4.78, 5) is 13.0. The van der Waals surface area contributed by atoms with Crippen molar-refractivity contribution in [3.8, 4) is 11.5 Å². The van der Waals surface area contributed by atoms with Crippen molar-refractivity contribution in [2.45, 2.75) is 45.1 Å². The molecule has 138 valence electrons. The average Bonchev–Trinajstić information content (AvgIpc) is 2.96. The summed E-state index contributed by atoms with van der Waals surface area (Å²) in [7, 11) is 1.58. The first-order valence-corrected chi connectivity index (χ1v) is 9.37. The lowest BCUT2D eigenvalue weighted by atomic mass is 9.90. The van der Waals surface area contributed by atoms with Gasteiger partial charge in [-0.3, -0.25) is 4.79 Å². The number of carbonyl (C=O) groups excluding carboxylic acids is 1. The van der Waals surface area contributed by atoms with Crippen molar-refractivity contribution in [1.82, 2.24) is 0 Å². The molecule has 0 aliphatic heterocycles. The number of benzene rings is 2. The number of methoxy groups -OCH3 is 1. The number of nitrogens with two attached hydrogens (primary N) is 1. The Labute approximate surface area is 155 Å². The molecule has 0 heterocycles. The van der Waals surface area contributed by atoms with Crippen LogP contribution in [0.4, 0.5) is 5.69 Å². The van der Waals surface area contributed by atoms with E-state index in [0.29, 0.717) is 29.4 Å². The van der Waals surface area contributed by atoms with Crippen LogP contribution in [0.5, 0.6) is 11.5 Å². The van der Waals surface area contributed by atoms with E-state index in [1.807, 2.05) is 30.3 Å². The number of hydrogen-bond acceptors (Lipinski definition) is 4. The van der Waals surface area contributed by atoms with E-state index >= 15 is 0 Å². The monoisotopic (exact) mass is 353 g/mol. The highest BCUT2D eigenvalue weighted by Crippen LogP contribution is 2.35. The molecule has 1 aliphatic carbocycles. The SMILES string of the molecule is COc1cc(N)c(C(=O)C2CCCCCC2)cc1OCc1ccccc1. The van der Waals surface area contributed by atoms with Crippen molar-refractivity contribution < 1.29 is 14.3 Å². The van der Waals surface area contributed by atoms with E-state index in [1.54, 1.807) is 19.2 Å². The molecule has 1 saturated carbocycles. The fraction of sp³-hybridized carbons (Fsp3) is 0.409. The first kappa shape index (κ1) is 18.3. The second-order valence-electron chi connectivity index (χ2n) is 6.92. The number of rotatable bonds is 6. The minimum Gasteiger partial charge on any atom is -0.493 e. The summed E-state index contributed by atoms with van der Waals surface area (Å²) in [5.74, 6) is 1.31. The molecule has 4 nitrogen and oxygen atoms in total. The van der Waals surface area contributed by atoms with Gasteiger partial charge in [0.05, 0.1) is 7.11 Å². The number of hydrogen-bond donors (Lipinski definition) is 1. The van der Waals surface area contributed by atoms with Crippen LogP contribution in [0, 0.1) is 5.92 Å². The van der Waals surface area contributed by atoms with Gasteiger partial charge >= 0.3 is 0 Å². The van der Waals surface area contributed by atoms with Gasteiger partial charge in [-0.2, -0.15) is 0 Å². The van der Waals surface area contributed by atoms with Crippen molar-refractivity contribution in [3.63, 3.8) is 0 Å². The van der Waals surface area contributed by atoms with Crippen LogP contribution in [0.1, 0.15) is 54.4 Å². The lowest BCUT2D eigenvalue weighted by Crippen LogP contribution is -2.16. The van der Waals surface area contributed by atoms with Gasteiger partial charge in [0, 0.05) is 23.2 Å². The van der Waals surface area contributed by atoms with Crippen molar-refractivity contribution >= 4 is 11.5 Å². The standard InChI is InChI=1S/C22H27NO3/c1-25-20-14-19(23)18(22(24)17-11-7-2-3-8-12-17)13-21(20)26-15-16-9-5-4-6-10-16/h4-6,9-10,13-14,17H,2-3,7-8,11-12,15,23H2,1H3. The molecule has 0 saturated heterocycles. The molecule has 0 radical (unpaired) electrons. The molecule has 0 spiro atoms. The molecule has 2 N–H and O–H groups in total. The average molecular weight is 353 g/mol. The van der Waals surface area contributed by atoms with E-state index in [2.05, 4.69) is 0 Å². The van der Waals surface area contributed by atoms with Gasteiger partial charge in [-0.05, 0) is 24.5 Å². The van der Waals surface area contributed by atoms with Gasteiger partial charge in [-0.15, -0.1) is 0 Å². The number of ketones is 1. The molecule has 1 fully saturated rings. The van der Waals surface area contributed by atoms with Gasteiger partial charge in [0.1, 0.15) is 6.61 Å². The summed E-state index contributed by atoms with van der Waals surface area (Å²) < 4.78 is 11.3. The molecule has 3 rings (SSSR count). The Kier molecular flexibility index (Phi) is 6.16.